The third-order valence-corrected chi connectivity index (χ3v) is 7.35. The van der Waals surface area contributed by atoms with Crippen molar-refractivity contribution < 1.29 is 31.9 Å². The van der Waals surface area contributed by atoms with Crippen LogP contribution in [-0.2, 0) is 15.7 Å². The van der Waals surface area contributed by atoms with Crippen LogP contribution in [0.1, 0.15) is 66.6 Å². The van der Waals surface area contributed by atoms with Crippen molar-refractivity contribution >= 4 is 38.7 Å². The van der Waals surface area contributed by atoms with Gasteiger partial charge in [-0.25, -0.2) is 9.37 Å². The Balaban J connectivity index is 1.73. The molecule has 226 valence electrons. The number of alkyl halides is 3. The van der Waals surface area contributed by atoms with Crippen molar-refractivity contribution in [3.8, 4) is 11.3 Å². The third kappa shape index (κ3) is 7.79. The summed E-state index contributed by atoms with van der Waals surface area (Å²) in [6.07, 6.45) is -5.30. The standard InChI is InChI=1S/C33H31BrF4N2O3/c1-19-28(23-17-22(34)14-15-26(23)40-30(19)20-9-6-5-7-10-20)31(42)39-18-21(13-16-27(41)43-32(2,3)4)29-24(33(36,37)38)11-8-12-25(29)35/h5-12,14-15,17,21H,13,16,18H2,1-4H3,(H,39,42). The molecule has 1 heterocycles. The lowest BCUT2D eigenvalue weighted by molar-refractivity contribution is -0.155. The molecule has 1 unspecified atom stereocenters. The average molecular weight is 660 g/mol. The minimum atomic E-state index is -4.85. The number of carbonyl (C=O) groups excluding carboxylic acids is 2. The second kappa shape index (κ2) is 12.8. The number of rotatable bonds is 8. The first-order valence-electron chi connectivity index (χ1n) is 13.7. The van der Waals surface area contributed by atoms with Gasteiger partial charge in [-0.2, -0.15) is 13.2 Å². The zero-order valence-electron chi connectivity index (χ0n) is 24.1. The Kier molecular flexibility index (Phi) is 9.59. The maximum Gasteiger partial charge on any atom is 0.416 e. The molecule has 1 atom stereocenters. The normalized spacial score (nSPS) is 12.7. The lowest BCUT2D eigenvalue weighted by Crippen LogP contribution is -2.31. The van der Waals surface area contributed by atoms with Gasteiger partial charge in [0.05, 0.1) is 22.3 Å². The molecule has 43 heavy (non-hydrogen) atoms. The maximum atomic E-state index is 15.1. The second-order valence-electron chi connectivity index (χ2n) is 11.2. The number of hydrogen-bond donors (Lipinski definition) is 1. The molecule has 4 aromatic rings. The van der Waals surface area contributed by atoms with Gasteiger partial charge in [0.2, 0.25) is 0 Å². The SMILES string of the molecule is Cc1c(-c2ccccc2)nc2ccc(Br)cc2c1C(=O)NCC(CCC(=O)OC(C)(C)C)c1c(F)cccc1C(F)(F)F. The van der Waals surface area contributed by atoms with Gasteiger partial charge in [-0.1, -0.05) is 52.3 Å². The fraction of sp³-hybridized carbons (Fsp3) is 0.303. The van der Waals surface area contributed by atoms with E-state index in [9.17, 15) is 22.8 Å². The number of nitrogens with zero attached hydrogens (tertiary/aromatic N) is 1. The highest BCUT2D eigenvalue weighted by Crippen LogP contribution is 2.38. The Bertz CT molecular complexity index is 1650. The van der Waals surface area contributed by atoms with Gasteiger partial charge < -0.3 is 10.1 Å². The Labute approximate surface area is 255 Å². The zero-order chi connectivity index (χ0) is 31.5. The summed E-state index contributed by atoms with van der Waals surface area (Å²) in [5.41, 5.74) is 0.209. The number of halogens is 5. The molecule has 0 aliphatic rings. The molecule has 5 nitrogen and oxygen atoms in total. The van der Waals surface area contributed by atoms with Gasteiger partial charge in [0.25, 0.3) is 5.91 Å². The Morgan fingerprint density at radius 3 is 2.35 bits per heavy atom. The van der Waals surface area contributed by atoms with Crippen molar-refractivity contribution in [3.05, 3.63) is 99.3 Å². The molecule has 0 spiro atoms. The molecule has 4 rings (SSSR count). The fourth-order valence-electron chi connectivity index (χ4n) is 5.04. The summed E-state index contributed by atoms with van der Waals surface area (Å²) >= 11 is 3.43. The highest BCUT2D eigenvalue weighted by molar-refractivity contribution is 9.10. The molecule has 0 saturated heterocycles. The molecule has 10 heteroatoms. The molecule has 0 radical (unpaired) electrons. The number of pyridine rings is 1. The topological polar surface area (TPSA) is 68.3 Å². The van der Waals surface area contributed by atoms with E-state index in [0.29, 0.717) is 32.2 Å². The molecule has 0 saturated carbocycles. The van der Waals surface area contributed by atoms with E-state index in [0.717, 1.165) is 23.8 Å². The molecule has 1 N–H and O–H groups in total. The molecular formula is C33H31BrF4N2O3. The zero-order valence-corrected chi connectivity index (χ0v) is 25.7. The maximum absolute atomic E-state index is 15.1. The summed E-state index contributed by atoms with van der Waals surface area (Å²) in [5.74, 6) is -3.45. The van der Waals surface area contributed by atoms with Crippen LogP contribution in [0.3, 0.4) is 0 Å². The van der Waals surface area contributed by atoms with Crippen molar-refractivity contribution in [2.45, 2.75) is 58.2 Å². The van der Waals surface area contributed by atoms with Crippen LogP contribution >= 0.6 is 15.9 Å². The van der Waals surface area contributed by atoms with E-state index < -0.39 is 46.5 Å². The van der Waals surface area contributed by atoms with Crippen LogP contribution < -0.4 is 5.32 Å². The number of amides is 1. The monoisotopic (exact) mass is 658 g/mol. The molecule has 0 aliphatic heterocycles. The van der Waals surface area contributed by atoms with Crippen LogP contribution in [0.5, 0.6) is 0 Å². The van der Waals surface area contributed by atoms with Gasteiger partial charge >= 0.3 is 12.1 Å². The van der Waals surface area contributed by atoms with Gasteiger partial charge in [0, 0.05) is 39.9 Å². The van der Waals surface area contributed by atoms with Crippen LogP contribution in [0, 0.1) is 12.7 Å². The molecule has 3 aromatic carbocycles. The van der Waals surface area contributed by atoms with Gasteiger partial charge in [0.15, 0.2) is 0 Å². The largest absolute Gasteiger partial charge is 0.460 e. The number of carbonyl (C=O) groups is 2. The first-order valence-corrected chi connectivity index (χ1v) is 14.5. The number of aromatic nitrogens is 1. The third-order valence-electron chi connectivity index (χ3n) is 6.86. The van der Waals surface area contributed by atoms with Crippen LogP contribution in [-0.4, -0.2) is 29.0 Å². The van der Waals surface area contributed by atoms with E-state index in [1.54, 1.807) is 45.9 Å². The lowest BCUT2D eigenvalue weighted by Gasteiger charge is -2.24. The minimum absolute atomic E-state index is 0.184. The molecule has 0 bridgehead atoms. The van der Waals surface area contributed by atoms with Gasteiger partial charge in [-0.3, -0.25) is 9.59 Å². The van der Waals surface area contributed by atoms with Crippen molar-refractivity contribution in [2.75, 3.05) is 6.54 Å². The number of benzene rings is 3. The predicted octanol–water partition coefficient (Wildman–Crippen LogP) is 8.77. The van der Waals surface area contributed by atoms with E-state index >= 15 is 4.39 Å². The quantitative estimate of drug-likeness (QED) is 0.152. The summed E-state index contributed by atoms with van der Waals surface area (Å²) in [7, 11) is 0. The van der Waals surface area contributed by atoms with Crippen molar-refractivity contribution in [1.82, 2.24) is 10.3 Å². The minimum Gasteiger partial charge on any atom is -0.460 e. The molecular weight excluding hydrogens is 628 g/mol. The van der Waals surface area contributed by atoms with Gasteiger partial charge in [-0.15, -0.1) is 0 Å². The number of fused-ring (bicyclic) bond motifs is 1. The van der Waals surface area contributed by atoms with E-state index in [1.807, 2.05) is 30.3 Å². The highest BCUT2D eigenvalue weighted by Gasteiger charge is 2.37. The first-order chi connectivity index (χ1) is 20.2. The van der Waals surface area contributed by atoms with Crippen LogP contribution in [0.15, 0.2) is 71.2 Å². The summed E-state index contributed by atoms with van der Waals surface area (Å²) in [6.45, 7) is 6.41. The average Bonchev–Trinajstić information content (AvgIpc) is 2.92. The first kappa shape index (κ1) is 32.1. The Morgan fingerprint density at radius 1 is 1.00 bits per heavy atom. The molecule has 0 fully saturated rings. The smallest absolute Gasteiger partial charge is 0.416 e. The van der Waals surface area contributed by atoms with Crippen LogP contribution in [0.2, 0.25) is 0 Å². The van der Waals surface area contributed by atoms with Crippen LogP contribution in [0.4, 0.5) is 17.6 Å². The summed E-state index contributed by atoms with van der Waals surface area (Å²) in [6, 6.07) is 17.3. The molecule has 1 amide bonds. The van der Waals surface area contributed by atoms with Crippen LogP contribution in [0.25, 0.3) is 22.2 Å². The number of nitrogens with one attached hydrogen (secondary N) is 1. The van der Waals surface area contributed by atoms with Crippen molar-refractivity contribution in [1.29, 1.82) is 0 Å². The van der Waals surface area contributed by atoms with E-state index in [4.69, 9.17) is 9.72 Å². The molecule has 1 aromatic heterocycles. The van der Waals surface area contributed by atoms with Crippen molar-refractivity contribution in [2.24, 2.45) is 0 Å². The summed E-state index contributed by atoms with van der Waals surface area (Å²) in [4.78, 5) is 31.1. The summed E-state index contributed by atoms with van der Waals surface area (Å²) < 4.78 is 63.1. The van der Waals surface area contributed by atoms with Gasteiger partial charge in [0.1, 0.15) is 11.4 Å². The van der Waals surface area contributed by atoms with E-state index in [1.165, 1.54) is 0 Å². The fourth-order valence-corrected chi connectivity index (χ4v) is 5.40. The second-order valence-corrected chi connectivity index (χ2v) is 12.1. The van der Waals surface area contributed by atoms with Crippen molar-refractivity contribution in [3.63, 3.8) is 0 Å². The van der Waals surface area contributed by atoms with Gasteiger partial charge in [-0.05, 0) is 70.0 Å². The van der Waals surface area contributed by atoms with E-state index in [-0.39, 0.29) is 19.4 Å². The predicted molar refractivity (Wildman–Crippen MR) is 161 cm³/mol. The Hall–Kier alpha value is -3.79. The highest BCUT2D eigenvalue weighted by atomic mass is 79.9. The van der Waals surface area contributed by atoms with E-state index in [2.05, 4.69) is 21.2 Å². The lowest BCUT2D eigenvalue weighted by atomic mass is 9.89. The Morgan fingerprint density at radius 2 is 1.70 bits per heavy atom. The summed E-state index contributed by atoms with van der Waals surface area (Å²) in [5, 5.41) is 3.28. The number of hydrogen-bond acceptors (Lipinski definition) is 4. The number of ether oxygens (including phenoxy) is 1. The number of esters is 1. The molecule has 0 aliphatic carbocycles.